The van der Waals surface area contributed by atoms with Crippen LogP contribution in [0.2, 0.25) is 5.02 Å². The standard InChI is InChI=1S/C14H19ClFN/c1-10-4-5-14(7-10,9-17)8-11-6-12(16)2-3-13(11)15/h2-3,6,10H,4-5,7-9,17H2,1H3. The third-order valence-corrected chi connectivity index (χ3v) is 4.32. The molecule has 17 heavy (non-hydrogen) atoms. The van der Waals surface area contributed by atoms with Crippen LogP contribution in [0, 0.1) is 17.2 Å². The van der Waals surface area contributed by atoms with Crippen molar-refractivity contribution < 1.29 is 4.39 Å². The van der Waals surface area contributed by atoms with Crippen LogP contribution < -0.4 is 5.73 Å². The van der Waals surface area contributed by atoms with Crippen molar-refractivity contribution in [2.75, 3.05) is 6.54 Å². The van der Waals surface area contributed by atoms with Crippen molar-refractivity contribution in [2.24, 2.45) is 17.1 Å². The number of nitrogens with two attached hydrogens (primary N) is 1. The van der Waals surface area contributed by atoms with E-state index in [0.29, 0.717) is 17.5 Å². The molecule has 1 fully saturated rings. The van der Waals surface area contributed by atoms with E-state index in [4.69, 9.17) is 17.3 Å². The Bertz CT molecular complexity index is 407. The second-order valence-electron chi connectivity index (χ2n) is 5.46. The molecule has 94 valence electrons. The molecule has 0 heterocycles. The first-order valence-electron chi connectivity index (χ1n) is 6.19. The van der Waals surface area contributed by atoms with Gasteiger partial charge < -0.3 is 5.73 Å². The molecule has 0 saturated heterocycles. The first-order valence-corrected chi connectivity index (χ1v) is 6.56. The SMILES string of the molecule is CC1CCC(CN)(Cc2cc(F)ccc2Cl)C1. The average Bonchev–Trinajstić information content (AvgIpc) is 2.66. The Kier molecular flexibility index (Phi) is 3.74. The lowest BCUT2D eigenvalue weighted by Crippen LogP contribution is -2.30. The summed E-state index contributed by atoms with van der Waals surface area (Å²) < 4.78 is 13.2. The summed E-state index contributed by atoms with van der Waals surface area (Å²) in [5, 5.41) is 0.652. The molecule has 0 radical (unpaired) electrons. The third kappa shape index (κ3) is 2.80. The van der Waals surface area contributed by atoms with Gasteiger partial charge in [-0.25, -0.2) is 4.39 Å². The zero-order valence-corrected chi connectivity index (χ0v) is 10.9. The smallest absolute Gasteiger partial charge is 0.123 e. The summed E-state index contributed by atoms with van der Waals surface area (Å²) in [6.07, 6.45) is 4.25. The number of halogens is 2. The van der Waals surface area contributed by atoms with Crippen LogP contribution in [0.1, 0.15) is 31.7 Å². The van der Waals surface area contributed by atoms with Crippen LogP contribution in [0.25, 0.3) is 0 Å². The molecule has 1 aliphatic carbocycles. The van der Waals surface area contributed by atoms with Gasteiger partial charge in [0.2, 0.25) is 0 Å². The monoisotopic (exact) mass is 255 g/mol. The van der Waals surface area contributed by atoms with Crippen LogP contribution in [0.4, 0.5) is 4.39 Å². The molecule has 3 heteroatoms. The van der Waals surface area contributed by atoms with Gasteiger partial charge in [0.25, 0.3) is 0 Å². The molecule has 1 nitrogen and oxygen atoms in total. The van der Waals surface area contributed by atoms with E-state index in [1.54, 1.807) is 12.1 Å². The lowest BCUT2D eigenvalue weighted by Gasteiger charge is -2.28. The Morgan fingerprint density at radius 2 is 2.29 bits per heavy atom. The van der Waals surface area contributed by atoms with E-state index in [-0.39, 0.29) is 11.2 Å². The fourth-order valence-corrected chi connectivity index (χ4v) is 3.18. The number of hydrogen-bond donors (Lipinski definition) is 1. The van der Waals surface area contributed by atoms with Crippen LogP contribution in [-0.2, 0) is 6.42 Å². The van der Waals surface area contributed by atoms with E-state index >= 15 is 0 Å². The number of rotatable bonds is 3. The molecule has 0 aliphatic heterocycles. The van der Waals surface area contributed by atoms with Crippen molar-refractivity contribution in [3.63, 3.8) is 0 Å². The Morgan fingerprint density at radius 3 is 2.88 bits per heavy atom. The van der Waals surface area contributed by atoms with Crippen molar-refractivity contribution in [1.82, 2.24) is 0 Å². The van der Waals surface area contributed by atoms with Crippen LogP contribution in [0.5, 0.6) is 0 Å². The molecule has 0 bridgehead atoms. The normalized spacial score (nSPS) is 28.6. The van der Waals surface area contributed by atoms with Crippen molar-refractivity contribution in [3.05, 3.63) is 34.6 Å². The van der Waals surface area contributed by atoms with Crippen LogP contribution >= 0.6 is 11.6 Å². The highest BCUT2D eigenvalue weighted by Crippen LogP contribution is 2.44. The zero-order chi connectivity index (χ0) is 12.5. The first-order chi connectivity index (χ1) is 8.04. The van der Waals surface area contributed by atoms with Crippen molar-refractivity contribution >= 4 is 11.6 Å². The first kappa shape index (κ1) is 12.8. The molecule has 2 rings (SSSR count). The lowest BCUT2D eigenvalue weighted by atomic mass is 9.79. The Hall–Kier alpha value is -0.600. The summed E-state index contributed by atoms with van der Waals surface area (Å²) in [7, 11) is 0. The van der Waals surface area contributed by atoms with Gasteiger partial charge in [-0.1, -0.05) is 24.9 Å². The second-order valence-corrected chi connectivity index (χ2v) is 5.87. The van der Waals surface area contributed by atoms with Crippen molar-refractivity contribution in [1.29, 1.82) is 0 Å². The van der Waals surface area contributed by atoms with E-state index in [1.807, 2.05) is 0 Å². The molecule has 1 aliphatic rings. The average molecular weight is 256 g/mol. The molecular formula is C14H19ClFN. The van der Waals surface area contributed by atoms with Gasteiger partial charge in [0.05, 0.1) is 0 Å². The Labute approximate surface area is 107 Å². The van der Waals surface area contributed by atoms with Gasteiger partial charge in [0.15, 0.2) is 0 Å². The summed E-state index contributed by atoms with van der Waals surface area (Å²) in [5.41, 5.74) is 6.95. The van der Waals surface area contributed by atoms with Crippen molar-refractivity contribution in [2.45, 2.75) is 32.6 Å². The highest BCUT2D eigenvalue weighted by Gasteiger charge is 2.36. The molecule has 2 atom stereocenters. The van der Waals surface area contributed by atoms with E-state index in [1.165, 1.54) is 12.5 Å². The van der Waals surface area contributed by atoms with Gasteiger partial charge in [-0.05, 0) is 60.9 Å². The highest BCUT2D eigenvalue weighted by molar-refractivity contribution is 6.31. The Balaban J connectivity index is 2.21. The maximum atomic E-state index is 13.2. The fourth-order valence-electron chi connectivity index (χ4n) is 3.00. The minimum atomic E-state index is -0.220. The summed E-state index contributed by atoms with van der Waals surface area (Å²) >= 11 is 6.12. The summed E-state index contributed by atoms with van der Waals surface area (Å²) in [6.45, 7) is 2.91. The fraction of sp³-hybridized carbons (Fsp3) is 0.571. The molecule has 0 aromatic heterocycles. The number of benzene rings is 1. The van der Waals surface area contributed by atoms with Gasteiger partial charge in [0.1, 0.15) is 5.82 Å². The summed E-state index contributed by atoms with van der Waals surface area (Å²) in [6, 6.07) is 4.58. The summed E-state index contributed by atoms with van der Waals surface area (Å²) in [5.74, 6) is 0.494. The zero-order valence-electron chi connectivity index (χ0n) is 10.2. The predicted molar refractivity (Wildman–Crippen MR) is 69.6 cm³/mol. The van der Waals surface area contributed by atoms with E-state index in [2.05, 4.69) is 6.92 Å². The Morgan fingerprint density at radius 1 is 1.53 bits per heavy atom. The molecule has 1 aromatic carbocycles. The minimum Gasteiger partial charge on any atom is -0.330 e. The highest BCUT2D eigenvalue weighted by atomic mass is 35.5. The van der Waals surface area contributed by atoms with Gasteiger partial charge in [0, 0.05) is 5.02 Å². The molecule has 0 amide bonds. The second kappa shape index (κ2) is 4.95. The molecule has 2 N–H and O–H groups in total. The molecular weight excluding hydrogens is 237 g/mol. The minimum absolute atomic E-state index is 0.122. The molecule has 1 saturated carbocycles. The van der Waals surface area contributed by atoms with Crippen LogP contribution in [0.15, 0.2) is 18.2 Å². The van der Waals surface area contributed by atoms with Gasteiger partial charge >= 0.3 is 0 Å². The van der Waals surface area contributed by atoms with Crippen molar-refractivity contribution in [3.8, 4) is 0 Å². The topological polar surface area (TPSA) is 26.0 Å². The van der Waals surface area contributed by atoms with Gasteiger partial charge in [-0.15, -0.1) is 0 Å². The van der Waals surface area contributed by atoms with E-state index in [0.717, 1.165) is 24.8 Å². The van der Waals surface area contributed by atoms with Gasteiger partial charge in [-0.2, -0.15) is 0 Å². The quantitative estimate of drug-likeness (QED) is 0.874. The molecule has 2 unspecified atom stereocenters. The predicted octanol–water partition coefficient (Wildman–Crippen LogP) is 3.79. The number of hydrogen-bond acceptors (Lipinski definition) is 1. The van der Waals surface area contributed by atoms with Crippen LogP contribution in [-0.4, -0.2) is 6.54 Å². The lowest BCUT2D eigenvalue weighted by molar-refractivity contribution is 0.295. The molecule has 0 spiro atoms. The van der Waals surface area contributed by atoms with E-state index < -0.39 is 0 Å². The third-order valence-electron chi connectivity index (χ3n) is 3.96. The maximum absolute atomic E-state index is 13.2. The maximum Gasteiger partial charge on any atom is 0.123 e. The van der Waals surface area contributed by atoms with Gasteiger partial charge in [-0.3, -0.25) is 0 Å². The largest absolute Gasteiger partial charge is 0.330 e. The summed E-state index contributed by atoms with van der Waals surface area (Å²) in [4.78, 5) is 0. The molecule has 1 aromatic rings. The van der Waals surface area contributed by atoms with E-state index in [9.17, 15) is 4.39 Å². The van der Waals surface area contributed by atoms with Crippen LogP contribution in [0.3, 0.4) is 0 Å².